The van der Waals surface area contributed by atoms with Crippen LogP contribution in [0.15, 0.2) is 12.4 Å². The first-order chi connectivity index (χ1) is 10.5. The molecule has 7 nitrogen and oxygen atoms in total. The topological polar surface area (TPSA) is 108 Å². The zero-order valence-corrected chi connectivity index (χ0v) is 12.6. The van der Waals surface area contributed by atoms with Crippen LogP contribution in [0.4, 0.5) is 0 Å². The van der Waals surface area contributed by atoms with Gasteiger partial charge in [0, 0.05) is 25.2 Å². The number of hydrogen-bond acceptors (Lipinski definition) is 6. The lowest BCUT2D eigenvalue weighted by Gasteiger charge is -2.41. The number of aromatic nitrogens is 2. The maximum Gasteiger partial charge on any atom is 0.138 e. The third kappa shape index (κ3) is 2.79. The van der Waals surface area contributed by atoms with Crippen LogP contribution in [-0.2, 0) is 4.74 Å². The maximum absolute atomic E-state index is 10.2. The molecule has 1 aliphatic carbocycles. The van der Waals surface area contributed by atoms with Gasteiger partial charge in [-0.25, -0.2) is 4.98 Å². The van der Waals surface area contributed by atoms with E-state index in [2.05, 4.69) is 4.98 Å². The van der Waals surface area contributed by atoms with Gasteiger partial charge in [0.05, 0.1) is 37.1 Å². The fraction of sp³-hybridized carbons (Fsp3) is 0.800. The lowest BCUT2D eigenvalue weighted by Crippen LogP contribution is -2.47. The highest BCUT2D eigenvalue weighted by atomic mass is 16.5. The molecule has 0 aromatic carbocycles. The Hall–Kier alpha value is -0.990. The number of rotatable bonds is 3. The number of imidazole rings is 1. The van der Waals surface area contributed by atoms with Gasteiger partial charge in [0.25, 0.3) is 0 Å². The van der Waals surface area contributed by atoms with Gasteiger partial charge in [-0.2, -0.15) is 0 Å². The lowest BCUT2D eigenvalue weighted by atomic mass is 9.84. The highest BCUT2D eigenvalue weighted by Gasteiger charge is 2.40. The summed E-state index contributed by atoms with van der Waals surface area (Å²) in [5.41, 5.74) is 0. The molecular formula is C15H24N2O5. The zero-order valence-electron chi connectivity index (χ0n) is 12.6. The third-order valence-electron chi connectivity index (χ3n) is 4.95. The fourth-order valence-electron chi connectivity index (χ4n) is 3.56. The van der Waals surface area contributed by atoms with Crippen molar-refractivity contribution in [3.05, 3.63) is 18.2 Å². The predicted octanol–water partition coefficient (Wildman–Crippen LogP) is -0.241. The van der Waals surface area contributed by atoms with Crippen LogP contribution in [0.5, 0.6) is 0 Å². The monoisotopic (exact) mass is 312 g/mol. The molecule has 1 aromatic heterocycles. The van der Waals surface area contributed by atoms with E-state index in [1.807, 2.05) is 6.92 Å². The molecular weight excluding hydrogens is 288 g/mol. The Morgan fingerprint density at radius 1 is 1.18 bits per heavy atom. The largest absolute Gasteiger partial charge is 0.394 e. The average Bonchev–Trinajstić information content (AvgIpc) is 2.95. The summed E-state index contributed by atoms with van der Waals surface area (Å²) in [5.74, 6) is 0.588. The Morgan fingerprint density at radius 3 is 2.68 bits per heavy atom. The van der Waals surface area contributed by atoms with Gasteiger partial charge in [-0.05, 0) is 12.3 Å². The molecule has 0 bridgehead atoms. The predicted molar refractivity (Wildman–Crippen MR) is 77.0 cm³/mol. The van der Waals surface area contributed by atoms with Crippen LogP contribution in [0.25, 0.3) is 0 Å². The number of aliphatic hydroxyl groups is 4. The smallest absolute Gasteiger partial charge is 0.138 e. The van der Waals surface area contributed by atoms with Crippen LogP contribution >= 0.6 is 0 Å². The first-order valence-electron chi connectivity index (χ1n) is 7.84. The first-order valence-corrected chi connectivity index (χ1v) is 7.84. The second-order valence-electron chi connectivity index (χ2n) is 6.49. The average molecular weight is 312 g/mol. The van der Waals surface area contributed by atoms with Gasteiger partial charge in [-0.1, -0.05) is 6.92 Å². The number of fused-ring (bicyclic) bond motifs is 1. The zero-order chi connectivity index (χ0) is 15.9. The molecule has 3 rings (SSSR count). The molecule has 1 aliphatic heterocycles. The molecule has 1 fully saturated rings. The molecule has 7 heteroatoms. The standard InChI is InChI=1S/C15H24N2O5/c1-8-4-14(11(20)5-10(8)19)22-13-6-12(21)15-16-2-3-17(15)9(13)7-18/h2-3,8-14,18-21H,4-7H2,1H3. The second kappa shape index (κ2) is 6.25. The van der Waals surface area contributed by atoms with Crippen LogP contribution in [-0.4, -0.2) is 61.0 Å². The van der Waals surface area contributed by atoms with E-state index in [1.54, 1.807) is 17.0 Å². The van der Waals surface area contributed by atoms with Crippen molar-refractivity contribution in [3.8, 4) is 0 Å². The minimum Gasteiger partial charge on any atom is -0.394 e. The van der Waals surface area contributed by atoms with Gasteiger partial charge in [0.1, 0.15) is 11.9 Å². The highest BCUT2D eigenvalue weighted by molar-refractivity contribution is 5.06. The Bertz CT molecular complexity index is 508. The SMILES string of the molecule is CC1CC(OC2CC(O)c3nccn3C2CO)C(O)CC1O. The van der Waals surface area contributed by atoms with Crippen LogP contribution in [0.2, 0.25) is 0 Å². The molecule has 0 saturated heterocycles. The Balaban J connectivity index is 1.75. The van der Waals surface area contributed by atoms with Gasteiger partial charge in [-0.15, -0.1) is 0 Å². The van der Waals surface area contributed by atoms with Gasteiger partial charge in [0.2, 0.25) is 0 Å². The molecule has 1 aromatic rings. The third-order valence-corrected chi connectivity index (χ3v) is 4.95. The first kappa shape index (κ1) is 15.9. The summed E-state index contributed by atoms with van der Waals surface area (Å²) in [4.78, 5) is 4.12. The number of hydrogen-bond donors (Lipinski definition) is 4. The summed E-state index contributed by atoms with van der Waals surface area (Å²) in [6, 6.07) is -0.324. The summed E-state index contributed by atoms with van der Waals surface area (Å²) in [6.07, 6.45) is 1.72. The van der Waals surface area contributed by atoms with Crippen molar-refractivity contribution in [1.29, 1.82) is 0 Å². The van der Waals surface area contributed by atoms with E-state index in [-0.39, 0.29) is 18.6 Å². The highest BCUT2D eigenvalue weighted by Crippen LogP contribution is 2.36. The van der Waals surface area contributed by atoms with Crippen LogP contribution < -0.4 is 0 Å². The Labute approximate surface area is 129 Å². The molecule has 7 atom stereocenters. The molecule has 0 spiro atoms. The number of nitrogens with zero attached hydrogens (tertiary/aromatic N) is 2. The maximum atomic E-state index is 10.2. The van der Waals surface area contributed by atoms with Crippen LogP contribution in [0, 0.1) is 5.92 Å². The van der Waals surface area contributed by atoms with Crippen molar-refractivity contribution in [2.45, 2.75) is 62.7 Å². The molecule has 2 aliphatic rings. The minimum absolute atomic E-state index is 0.0540. The minimum atomic E-state index is -0.744. The van der Waals surface area contributed by atoms with Gasteiger partial charge in [-0.3, -0.25) is 0 Å². The summed E-state index contributed by atoms with van der Waals surface area (Å²) in [6.45, 7) is 1.81. The van der Waals surface area contributed by atoms with Crippen LogP contribution in [0.3, 0.4) is 0 Å². The molecule has 2 heterocycles. The summed E-state index contributed by atoms with van der Waals surface area (Å²) < 4.78 is 7.78. The van der Waals surface area contributed by atoms with Crippen LogP contribution in [0.1, 0.15) is 44.2 Å². The molecule has 7 unspecified atom stereocenters. The second-order valence-corrected chi connectivity index (χ2v) is 6.49. The molecule has 22 heavy (non-hydrogen) atoms. The van der Waals surface area contributed by atoms with Crippen molar-refractivity contribution in [1.82, 2.24) is 9.55 Å². The molecule has 0 radical (unpaired) electrons. The molecule has 0 amide bonds. The molecule has 1 saturated carbocycles. The van der Waals surface area contributed by atoms with E-state index in [4.69, 9.17) is 4.74 Å². The molecule has 4 N–H and O–H groups in total. The number of aliphatic hydroxyl groups excluding tert-OH is 4. The van der Waals surface area contributed by atoms with E-state index in [9.17, 15) is 20.4 Å². The van der Waals surface area contributed by atoms with Crippen molar-refractivity contribution in [2.24, 2.45) is 5.92 Å². The lowest BCUT2D eigenvalue weighted by molar-refractivity contribution is -0.154. The summed E-state index contributed by atoms with van der Waals surface area (Å²) >= 11 is 0. The van der Waals surface area contributed by atoms with E-state index in [0.717, 1.165) is 0 Å². The number of ether oxygens (including phenoxy) is 1. The fourth-order valence-corrected chi connectivity index (χ4v) is 3.56. The summed E-state index contributed by atoms with van der Waals surface area (Å²) in [7, 11) is 0. The normalized spacial score (nSPS) is 42.1. The van der Waals surface area contributed by atoms with E-state index in [1.165, 1.54) is 0 Å². The van der Waals surface area contributed by atoms with Gasteiger partial charge < -0.3 is 29.7 Å². The van der Waals surface area contributed by atoms with Crippen molar-refractivity contribution >= 4 is 0 Å². The van der Waals surface area contributed by atoms with Gasteiger partial charge >= 0.3 is 0 Å². The van der Waals surface area contributed by atoms with Crippen molar-refractivity contribution in [2.75, 3.05) is 6.61 Å². The van der Waals surface area contributed by atoms with Gasteiger partial charge in [0.15, 0.2) is 0 Å². The summed E-state index contributed by atoms with van der Waals surface area (Å²) in [5, 5.41) is 39.8. The van der Waals surface area contributed by atoms with E-state index in [0.29, 0.717) is 25.1 Å². The Kier molecular flexibility index (Phi) is 4.52. The Morgan fingerprint density at radius 2 is 1.95 bits per heavy atom. The van der Waals surface area contributed by atoms with E-state index < -0.39 is 30.5 Å². The van der Waals surface area contributed by atoms with Crippen molar-refractivity contribution in [3.63, 3.8) is 0 Å². The van der Waals surface area contributed by atoms with Crippen molar-refractivity contribution < 1.29 is 25.2 Å². The quantitative estimate of drug-likeness (QED) is 0.613. The molecule has 124 valence electrons. The van der Waals surface area contributed by atoms with E-state index >= 15 is 0 Å².